The van der Waals surface area contributed by atoms with Crippen molar-refractivity contribution in [3.63, 3.8) is 0 Å². The van der Waals surface area contributed by atoms with E-state index >= 15 is 0 Å². The highest BCUT2D eigenvalue weighted by Gasteiger charge is 2.12. The van der Waals surface area contributed by atoms with Gasteiger partial charge in [0.25, 0.3) is 5.91 Å². The number of carbonyl (C=O) groups excluding carboxylic acids is 1. The second kappa shape index (κ2) is 10.0. The average Bonchev–Trinajstić information content (AvgIpc) is 3.24. The molecule has 0 spiro atoms. The van der Waals surface area contributed by atoms with Crippen molar-refractivity contribution < 1.29 is 13.9 Å². The Morgan fingerprint density at radius 2 is 2.00 bits per heavy atom. The first-order valence-corrected chi connectivity index (χ1v) is 10.7. The topological polar surface area (TPSA) is 89.3 Å². The zero-order chi connectivity index (χ0) is 22.3. The number of fused-ring (bicyclic) bond motifs is 1. The highest BCUT2D eigenvalue weighted by atomic mass is 32.1. The summed E-state index contributed by atoms with van der Waals surface area (Å²) in [6, 6.07) is 18.0. The maximum atomic E-state index is 12.6. The summed E-state index contributed by atoms with van der Waals surface area (Å²) in [7, 11) is 0. The number of anilines is 1. The van der Waals surface area contributed by atoms with Crippen LogP contribution >= 0.6 is 12.2 Å². The van der Waals surface area contributed by atoms with Gasteiger partial charge in [0.05, 0.1) is 6.61 Å². The number of benzene rings is 2. The fourth-order valence-electron chi connectivity index (χ4n) is 3.02. The fraction of sp³-hybridized carbons (Fsp3) is 0.167. The van der Waals surface area contributed by atoms with Crippen molar-refractivity contribution in [1.29, 1.82) is 0 Å². The van der Waals surface area contributed by atoms with Crippen molar-refractivity contribution in [2.24, 2.45) is 0 Å². The Balaban J connectivity index is 1.40. The number of nitrogens with zero attached hydrogens (tertiary/aromatic N) is 2. The fourth-order valence-corrected chi connectivity index (χ4v) is 3.23. The molecule has 0 aliphatic carbocycles. The van der Waals surface area contributed by atoms with Crippen LogP contribution in [0.25, 0.3) is 22.7 Å². The third kappa shape index (κ3) is 5.28. The van der Waals surface area contributed by atoms with E-state index in [0.29, 0.717) is 40.7 Å². The van der Waals surface area contributed by atoms with Crippen LogP contribution in [0.4, 0.5) is 5.69 Å². The molecule has 0 aliphatic rings. The lowest BCUT2D eigenvalue weighted by Gasteiger charge is -2.11. The van der Waals surface area contributed by atoms with Crippen LogP contribution in [0.3, 0.4) is 0 Å². The van der Waals surface area contributed by atoms with E-state index in [1.807, 2.05) is 36.4 Å². The number of hydrogen-bond donors (Lipinski definition) is 2. The van der Waals surface area contributed by atoms with Crippen molar-refractivity contribution in [2.45, 2.75) is 19.8 Å². The van der Waals surface area contributed by atoms with E-state index < -0.39 is 0 Å². The van der Waals surface area contributed by atoms with Crippen molar-refractivity contribution in [3.8, 4) is 17.2 Å². The number of thiocarbonyl (C=S) groups is 1. The van der Waals surface area contributed by atoms with E-state index in [4.69, 9.17) is 21.4 Å². The third-order valence-electron chi connectivity index (χ3n) is 4.62. The molecule has 7 nitrogen and oxygen atoms in total. The molecule has 0 bridgehead atoms. The summed E-state index contributed by atoms with van der Waals surface area (Å²) in [5, 5.41) is 5.91. The Labute approximate surface area is 190 Å². The normalized spacial score (nSPS) is 10.7. The maximum absolute atomic E-state index is 12.6. The number of oxazole rings is 1. The standard InChI is InChI=1S/C24H22N4O3S/c1-2-3-13-30-19-10-5-7-16(15-19)22(29)28-24(32)26-18-9-4-8-17(14-18)23-27-21-20(31-23)11-6-12-25-21/h4-12,14-15H,2-3,13H2,1H3,(H2,26,28,29,32). The van der Waals surface area contributed by atoms with Crippen LogP contribution in [0.1, 0.15) is 30.1 Å². The number of carbonyl (C=O) groups is 1. The number of aromatic nitrogens is 2. The van der Waals surface area contributed by atoms with Gasteiger partial charge in [-0.1, -0.05) is 25.5 Å². The molecule has 2 N–H and O–H groups in total. The molecule has 0 saturated carbocycles. The summed E-state index contributed by atoms with van der Waals surface area (Å²) in [4.78, 5) is 21.2. The second-order valence-corrected chi connectivity index (χ2v) is 7.47. The van der Waals surface area contributed by atoms with Crippen LogP contribution in [0, 0.1) is 0 Å². The van der Waals surface area contributed by atoms with E-state index in [-0.39, 0.29) is 11.0 Å². The third-order valence-corrected chi connectivity index (χ3v) is 4.83. The van der Waals surface area contributed by atoms with Crippen molar-refractivity contribution in [1.82, 2.24) is 15.3 Å². The number of pyridine rings is 1. The summed E-state index contributed by atoms with van der Waals surface area (Å²) in [6.45, 7) is 2.72. The van der Waals surface area contributed by atoms with Crippen LogP contribution in [-0.2, 0) is 0 Å². The summed E-state index contributed by atoms with van der Waals surface area (Å²) in [5.41, 5.74) is 3.09. The van der Waals surface area contributed by atoms with Crippen LogP contribution in [0.15, 0.2) is 71.3 Å². The van der Waals surface area contributed by atoms with Crippen LogP contribution in [0.2, 0.25) is 0 Å². The van der Waals surface area contributed by atoms with Crippen molar-refractivity contribution in [2.75, 3.05) is 11.9 Å². The van der Waals surface area contributed by atoms with Gasteiger partial charge in [-0.25, -0.2) is 4.98 Å². The molecule has 2 aromatic carbocycles. The monoisotopic (exact) mass is 446 g/mol. The van der Waals surface area contributed by atoms with Gasteiger partial charge in [-0.2, -0.15) is 4.98 Å². The Kier molecular flexibility index (Phi) is 6.72. The van der Waals surface area contributed by atoms with Crippen molar-refractivity contribution in [3.05, 3.63) is 72.4 Å². The largest absolute Gasteiger partial charge is 0.494 e. The molecule has 4 rings (SSSR count). The molecule has 0 saturated heterocycles. The zero-order valence-electron chi connectivity index (χ0n) is 17.5. The highest BCUT2D eigenvalue weighted by molar-refractivity contribution is 7.80. The van der Waals surface area contributed by atoms with Gasteiger partial charge < -0.3 is 14.5 Å². The highest BCUT2D eigenvalue weighted by Crippen LogP contribution is 2.25. The van der Waals surface area contributed by atoms with Gasteiger partial charge >= 0.3 is 0 Å². The molecule has 0 aliphatic heterocycles. The first-order chi connectivity index (χ1) is 15.6. The first kappa shape index (κ1) is 21.5. The predicted molar refractivity (Wildman–Crippen MR) is 128 cm³/mol. The lowest BCUT2D eigenvalue weighted by atomic mass is 10.2. The van der Waals surface area contributed by atoms with Gasteiger partial charge in [0.1, 0.15) is 5.75 Å². The molecule has 162 valence electrons. The summed E-state index contributed by atoms with van der Waals surface area (Å²) in [6.07, 6.45) is 3.68. The molecular weight excluding hydrogens is 424 g/mol. The van der Waals surface area contributed by atoms with Gasteiger partial charge in [-0.15, -0.1) is 0 Å². The minimum absolute atomic E-state index is 0.184. The number of amides is 1. The lowest BCUT2D eigenvalue weighted by Crippen LogP contribution is -2.34. The summed E-state index contributed by atoms with van der Waals surface area (Å²) >= 11 is 5.32. The molecule has 1 amide bonds. The van der Waals surface area contributed by atoms with Crippen LogP contribution in [0.5, 0.6) is 5.75 Å². The molecular formula is C24H22N4O3S. The van der Waals surface area contributed by atoms with Gasteiger partial charge in [-0.05, 0) is 67.2 Å². The van der Waals surface area contributed by atoms with Crippen LogP contribution < -0.4 is 15.4 Å². The smallest absolute Gasteiger partial charge is 0.257 e. The first-order valence-electron chi connectivity index (χ1n) is 10.3. The van der Waals surface area contributed by atoms with Gasteiger partial charge in [-0.3, -0.25) is 10.1 Å². The van der Waals surface area contributed by atoms with E-state index in [1.165, 1.54) is 0 Å². The minimum atomic E-state index is -0.315. The van der Waals surface area contributed by atoms with Crippen molar-refractivity contribution >= 4 is 40.2 Å². The van der Waals surface area contributed by atoms with E-state index in [1.54, 1.807) is 30.5 Å². The van der Waals surface area contributed by atoms with Gasteiger partial charge in [0.15, 0.2) is 16.3 Å². The Hall–Kier alpha value is -3.78. The summed E-state index contributed by atoms with van der Waals surface area (Å²) in [5.74, 6) is 0.798. The minimum Gasteiger partial charge on any atom is -0.494 e. The molecule has 4 aromatic rings. The Bertz CT molecular complexity index is 1220. The van der Waals surface area contributed by atoms with Gasteiger partial charge in [0, 0.05) is 23.0 Å². The van der Waals surface area contributed by atoms with E-state index in [2.05, 4.69) is 27.5 Å². The quantitative estimate of drug-likeness (QED) is 0.298. The van der Waals surface area contributed by atoms with E-state index in [9.17, 15) is 4.79 Å². The molecule has 0 radical (unpaired) electrons. The van der Waals surface area contributed by atoms with Crippen LogP contribution in [-0.4, -0.2) is 27.6 Å². The Morgan fingerprint density at radius 1 is 1.12 bits per heavy atom. The zero-order valence-corrected chi connectivity index (χ0v) is 18.3. The number of hydrogen-bond acceptors (Lipinski definition) is 6. The Morgan fingerprint density at radius 3 is 2.84 bits per heavy atom. The van der Waals surface area contributed by atoms with Gasteiger partial charge in [0.2, 0.25) is 5.89 Å². The number of nitrogens with one attached hydrogen (secondary N) is 2. The molecule has 0 atom stereocenters. The van der Waals surface area contributed by atoms with E-state index in [0.717, 1.165) is 18.4 Å². The predicted octanol–water partition coefficient (Wildman–Crippen LogP) is 5.20. The number of unbranched alkanes of at least 4 members (excludes halogenated alkanes) is 1. The summed E-state index contributed by atoms with van der Waals surface area (Å²) < 4.78 is 11.4. The molecule has 2 heterocycles. The maximum Gasteiger partial charge on any atom is 0.257 e. The lowest BCUT2D eigenvalue weighted by molar-refractivity contribution is 0.0977. The number of rotatable bonds is 7. The molecule has 0 unspecified atom stereocenters. The number of ether oxygens (including phenoxy) is 1. The second-order valence-electron chi connectivity index (χ2n) is 7.06. The SMILES string of the molecule is CCCCOc1cccc(C(=O)NC(=S)Nc2cccc(-c3nc4ncccc4o3)c2)c1. The molecule has 8 heteroatoms. The molecule has 32 heavy (non-hydrogen) atoms. The average molecular weight is 447 g/mol. The molecule has 2 aromatic heterocycles. The molecule has 0 fully saturated rings.